The van der Waals surface area contributed by atoms with E-state index < -0.39 is 11.7 Å². The minimum Gasteiger partial charge on any atom is -0.392 e. The van der Waals surface area contributed by atoms with Crippen LogP contribution in [-0.2, 0) is 5.60 Å². The number of likely N-dealkylation sites (N-methyl/N-ethyl adjacent to an activating group) is 1. The van der Waals surface area contributed by atoms with Gasteiger partial charge in [-0.3, -0.25) is 0 Å². The highest BCUT2D eigenvalue weighted by Gasteiger charge is 2.43. The molecule has 2 N–H and O–H groups in total. The number of aliphatic hydroxyl groups excluding tert-OH is 1. The van der Waals surface area contributed by atoms with Gasteiger partial charge < -0.3 is 15.1 Å². The summed E-state index contributed by atoms with van der Waals surface area (Å²) in [6.07, 6.45) is 0.202. The SMILES string of the molecule is CN1C[C@@H](O)C[C@H](C(O)(c2ccccc2)c2ccccc2)C1. The molecule has 0 spiro atoms. The Morgan fingerprint density at radius 1 is 0.909 bits per heavy atom. The van der Waals surface area contributed by atoms with Crippen molar-refractivity contribution in [1.29, 1.82) is 0 Å². The van der Waals surface area contributed by atoms with Crippen molar-refractivity contribution in [3.05, 3.63) is 71.8 Å². The fourth-order valence-corrected chi connectivity index (χ4v) is 3.61. The standard InChI is InChI=1S/C19H23NO2/c1-20-13-17(12-18(21)14-20)19(22,15-8-4-2-5-9-15)16-10-6-3-7-11-16/h2-11,17-18,21-22H,12-14H2,1H3/t17-,18-/m0/s1. The van der Waals surface area contributed by atoms with Crippen molar-refractivity contribution in [2.24, 2.45) is 5.92 Å². The summed E-state index contributed by atoms with van der Waals surface area (Å²) < 4.78 is 0. The summed E-state index contributed by atoms with van der Waals surface area (Å²) in [5.74, 6) is -0.0500. The number of hydrogen-bond acceptors (Lipinski definition) is 3. The summed E-state index contributed by atoms with van der Waals surface area (Å²) in [7, 11) is 1.99. The maximum atomic E-state index is 11.7. The second-order valence-corrected chi connectivity index (χ2v) is 6.31. The second-order valence-electron chi connectivity index (χ2n) is 6.31. The highest BCUT2D eigenvalue weighted by molar-refractivity contribution is 5.37. The van der Waals surface area contributed by atoms with Crippen LogP contribution >= 0.6 is 0 Å². The van der Waals surface area contributed by atoms with Gasteiger partial charge >= 0.3 is 0 Å². The van der Waals surface area contributed by atoms with Gasteiger partial charge in [-0.2, -0.15) is 0 Å². The van der Waals surface area contributed by atoms with Crippen LogP contribution in [0.1, 0.15) is 17.5 Å². The highest BCUT2D eigenvalue weighted by Crippen LogP contribution is 2.40. The van der Waals surface area contributed by atoms with Crippen molar-refractivity contribution in [3.63, 3.8) is 0 Å². The van der Waals surface area contributed by atoms with Gasteiger partial charge in [-0.05, 0) is 24.6 Å². The lowest BCUT2D eigenvalue weighted by Gasteiger charge is -2.43. The average molecular weight is 297 g/mol. The van der Waals surface area contributed by atoms with Crippen molar-refractivity contribution in [2.45, 2.75) is 18.1 Å². The molecule has 1 heterocycles. The van der Waals surface area contributed by atoms with Crippen molar-refractivity contribution in [2.75, 3.05) is 20.1 Å². The summed E-state index contributed by atoms with van der Waals surface area (Å²) in [6.45, 7) is 1.42. The quantitative estimate of drug-likeness (QED) is 0.913. The van der Waals surface area contributed by atoms with Crippen molar-refractivity contribution in [1.82, 2.24) is 4.90 Å². The smallest absolute Gasteiger partial charge is 0.119 e. The maximum Gasteiger partial charge on any atom is 0.119 e. The van der Waals surface area contributed by atoms with E-state index >= 15 is 0 Å². The first-order chi connectivity index (χ1) is 10.6. The predicted octanol–water partition coefficient (Wildman–Crippen LogP) is 2.24. The third-order valence-corrected chi connectivity index (χ3v) is 4.63. The molecule has 0 unspecified atom stereocenters. The predicted molar refractivity (Wildman–Crippen MR) is 87.5 cm³/mol. The number of piperidine rings is 1. The van der Waals surface area contributed by atoms with Crippen LogP contribution in [0.5, 0.6) is 0 Å². The molecule has 1 fully saturated rings. The fraction of sp³-hybridized carbons (Fsp3) is 0.368. The van der Waals surface area contributed by atoms with E-state index in [0.29, 0.717) is 13.0 Å². The molecule has 116 valence electrons. The molecular formula is C19H23NO2. The first-order valence-corrected chi connectivity index (χ1v) is 7.80. The normalized spacial score (nSPS) is 23.4. The lowest BCUT2D eigenvalue weighted by atomic mass is 9.72. The number of nitrogens with zero attached hydrogens (tertiary/aromatic N) is 1. The molecule has 0 bridgehead atoms. The molecule has 3 rings (SSSR count). The van der Waals surface area contributed by atoms with Gasteiger partial charge in [0.15, 0.2) is 0 Å². The molecule has 0 radical (unpaired) electrons. The van der Waals surface area contributed by atoms with Crippen LogP contribution in [0.2, 0.25) is 0 Å². The Kier molecular flexibility index (Phi) is 4.30. The first-order valence-electron chi connectivity index (χ1n) is 7.80. The van der Waals surface area contributed by atoms with Crippen molar-refractivity contribution in [3.8, 4) is 0 Å². The minimum absolute atomic E-state index is 0.0500. The molecule has 1 aliphatic rings. The minimum atomic E-state index is -1.09. The third kappa shape index (κ3) is 2.80. The molecular weight excluding hydrogens is 274 g/mol. The maximum absolute atomic E-state index is 11.7. The zero-order valence-corrected chi connectivity index (χ0v) is 12.9. The number of aliphatic hydroxyl groups is 2. The lowest BCUT2D eigenvalue weighted by molar-refractivity contribution is -0.0507. The first kappa shape index (κ1) is 15.2. The van der Waals surface area contributed by atoms with Crippen LogP contribution in [0.15, 0.2) is 60.7 Å². The Morgan fingerprint density at radius 2 is 1.41 bits per heavy atom. The van der Waals surface area contributed by atoms with Crippen LogP contribution in [-0.4, -0.2) is 41.4 Å². The largest absolute Gasteiger partial charge is 0.392 e. The monoisotopic (exact) mass is 297 g/mol. The van der Waals surface area contributed by atoms with E-state index in [-0.39, 0.29) is 5.92 Å². The summed E-state index contributed by atoms with van der Waals surface area (Å²) in [5.41, 5.74) is 0.681. The van der Waals surface area contributed by atoms with Crippen LogP contribution in [0.3, 0.4) is 0 Å². The Hall–Kier alpha value is -1.68. The molecule has 2 atom stereocenters. The Balaban J connectivity index is 2.07. The second kappa shape index (κ2) is 6.21. The van der Waals surface area contributed by atoms with Crippen LogP contribution in [0.4, 0.5) is 0 Å². The Labute approximate surface area is 131 Å². The number of benzene rings is 2. The van der Waals surface area contributed by atoms with Crippen molar-refractivity contribution < 1.29 is 10.2 Å². The highest BCUT2D eigenvalue weighted by atomic mass is 16.3. The van der Waals surface area contributed by atoms with Gasteiger partial charge in [0.2, 0.25) is 0 Å². The zero-order chi connectivity index (χ0) is 15.6. The van der Waals surface area contributed by atoms with Gasteiger partial charge in [-0.15, -0.1) is 0 Å². The molecule has 0 aromatic heterocycles. The summed E-state index contributed by atoms with van der Waals surface area (Å²) in [4.78, 5) is 2.09. The molecule has 0 saturated carbocycles. The van der Waals surface area contributed by atoms with E-state index in [1.165, 1.54) is 0 Å². The molecule has 3 nitrogen and oxygen atoms in total. The lowest BCUT2D eigenvalue weighted by Crippen LogP contribution is -2.50. The van der Waals surface area contributed by atoms with E-state index in [2.05, 4.69) is 4.90 Å². The molecule has 0 aliphatic carbocycles. The number of β-amino-alcohol motifs (C(OH)–C–C–N with tert-alkyl or cyclic N) is 1. The summed E-state index contributed by atoms with van der Waals surface area (Å²) >= 11 is 0. The molecule has 2 aromatic rings. The molecule has 22 heavy (non-hydrogen) atoms. The molecule has 3 heteroatoms. The topological polar surface area (TPSA) is 43.7 Å². The Morgan fingerprint density at radius 3 is 1.86 bits per heavy atom. The van der Waals surface area contributed by atoms with E-state index in [1.807, 2.05) is 67.7 Å². The van der Waals surface area contributed by atoms with Crippen LogP contribution in [0, 0.1) is 5.92 Å². The van der Waals surface area contributed by atoms with E-state index in [1.54, 1.807) is 0 Å². The number of hydrogen-bond donors (Lipinski definition) is 2. The van der Waals surface area contributed by atoms with Gasteiger partial charge in [-0.1, -0.05) is 60.7 Å². The Bertz CT molecular complexity index is 550. The fourth-order valence-electron chi connectivity index (χ4n) is 3.61. The van der Waals surface area contributed by atoms with Crippen LogP contribution in [0.25, 0.3) is 0 Å². The van der Waals surface area contributed by atoms with Gasteiger partial charge in [0.05, 0.1) is 6.10 Å². The average Bonchev–Trinajstić information content (AvgIpc) is 2.55. The molecule has 1 saturated heterocycles. The van der Waals surface area contributed by atoms with Gasteiger partial charge in [-0.25, -0.2) is 0 Å². The molecule has 2 aromatic carbocycles. The van der Waals surface area contributed by atoms with Crippen LogP contribution < -0.4 is 0 Å². The number of likely N-dealkylation sites (tertiary alicyclic amines) is 1. The van der Waals surface area contributed by atoms with Gasteiger partial charge in [0, 0.05) is 19.0 Å². The van der Waals surface area contributed by atoms with E-state index in [0.717, 1.165) is 17.7 Å². The third-order valence-electron chi connectivity index (χ3n) is 4.63. The molecule has 0 amide bonds. The molecule has 1 aliphatic heterocycles. The van der Waals surface area contributed by atoms with Crippen molar-refractivity contribution >= 4 is 0 Å². The van der Waals surface area contributed by atoms with E-state index in [4.69, 9.17) is 0 Å². The van der Waals surface area contributed by atoms with Gasteiger partial charge in [0.25, 0.3) is 0 Å². The summed E-state index contributed by atoms with van der Waals surface area (Å²) in [6, 6.07) is 19.6. The van der Waals surface area contributed by atoms with Gasteiger partial charge in [0.1, 0.15) is 5.60 Å². The zero-order valence-electron chi connectivity index (χ0n) is 12.9. The summed E-state index contributed by atoms with van der Waals surface area (Å²) in [5, 5.41) is 21.8. The van der Waals surface area contributed by atoms with E-state index in [9.17, 15) is 10.2 Å². The number of rotatable bonds is 3.